The molecule has 0 fully saturated rings. The first kappa shape index (κ1) is 18.3. The lowest BCUT2D eigenvalue weighted by Gasteiger charge is -2.05. The Hall–Kier alpha value is -2.08. The number of nitrogens with one attached hydrogen (secondary N) is 2. The van der Waals surface area contributed by atoms with E-state index in [4.69, 9.17) is 34.8 Å². The molecule has 5 nitrogen and oxygen atoms in total. The second-order valence-electron chi connectivity index (χ2n) is 4.70. The van der Waals surface area contributed by atoms with Crippen LogP contribution in [0.2, 0.25) is 15.1 Å². The van der Waals surface area contributed by atoms with Crippen molar-refractivity contribution in [1.29, 1.82) is 0 Å². The monoisotopic (exact) mass is 383 g/mol. The molecule has 0 atom stereocenters. The number of rotatable bonds is 5. The molecule has 0 aliphatic carbocycles. The maximum absolute atomic E-state index is 11.8. The van der Waals surface area contributed by atoms with Gasteiger partial charge in [0.1, 0.15) is 6.42 Å². The van der Waals surface area contributed by atoms with E-state index in [1.165, 1.54) is 12.3 Å². The molecule has 2 rings (SSSR count). The Morgan fingerprint density at radius 1 is 0.958 bits per heavy atom. The minimum Gasteiger partial charge on any atom is -0.326 e. The summed E-state index contributed by atoms with van der Waals surface area (Å²) in [6.07, 6.45) is 1.07. The minimum absolute atomic E-state index is 0.312. The quantitative estimate of drug-likeness (QED) is 0.462. The van der Waals surface area contributed by atoms with Crippen LogP contribution in [0, 0.1) is 0 Å². The molecule has 0 aliphatic heterocycles. The standard InChI is InChI=1S/C16H12Cl3N3O2/c17-11-3-1-10(2-4-11)9-20-22-16(24)8-15(23)21-12-5-6-13(18)14(19)7-12/h1-7,9H,8H2,(H,21,23)(H,22,24). The van der Waals surface area contributed by atoms with Gasteiger partial charge in [0, 0.05) is 10.7 Å². The van der Waals surface area contributed by atoms with E-state index in [0.717, 1.165) is 5.56 Å². The minimum atomic E-state index is -0.544. The van der Waals surface area contributed by atoms with Crippen molar-refractivity contribution in [2.24, 2.45) is 5.10 Å². The van der Waals surface area contributed by atoms with E-state index in [0.29, 0.717) is 20.8 Å². The van der Waals surface area contributed by atoms with Crippen molar-refractivity contribution < 1.29 is 9.59 Å². The number of hydrazone groups is 1. The van der Waals surface area contributed by atoms with Crippen LogP contribution in [0.4, 0.5) is 5.69 Å². The summed E-state index contributed by atoms with van der Waals surface area (Å²) in [5, 5.41) is 7.61. The SMILES string of the molecule is O=C(CC(=O)Nc1ccc(Cl)c(Cl)c1)NN=Cc1ccc(Cl)cc1. The van der Waals surface area contributed by atoms with Crippen LogP contribution in [-0.4, -0.2) is 18.0 Å². The molecule has 124 valence electrons. The molecule has 0 saturated carbocycles. The number of amides is 2. The topological polar surface area (TPSA) is 70.6 Å². The van der Waals surface area contributed by atoms with Gasteiger partial charge in [0.05, 0.1) is 16.3 Å². The zero-order valence-corrected chi connectivity index (χ0v) is 14.5. The number of anilines is 1. The number of carbonyl (C=O) groups excluding carboxylic acids is 2. The summed E-state index contributed by atoms with van der Waals surface area (Å²) >= 11 is 17.4. The van der Waals surface area contributed by atoms with Gasteiger partial charge < -0.3 is 5.32 Å². The fraction of sp³-hybridized carbons (Fsp3) is 0.0625. The highest BCUT2D eigenvalue weighted by Crippen LogP contribution is 2.24. The highest BCUT2D eigenvalue weighted by Gasteiger charge is 2.09. The predicted molar refractivity (Wildman–Crippen MR) is 96.9 cm³/mol. The van der Waals surface area contributed by atoms with E-state index in [9.17, 15) is 9.59 Å². The zero-order chi connectivity index (χ0) is 17.5. The summed E-state index contributed by atoms with van der Waals surface area (Å²) in [6.45, 7) is 0. The van der Waals surface area contributed by atoms with Crippen LogP contribution in [0.15, 0.2) is 47.6 Å². The number of carbonyl (C=O) groups is 2. The van der Waals surface area contributed by atoms with Gasteiger partial charge in [0.15, 0.2) is 0 Å². The average molecular weight is 385 g/mol. The Morgan fingerprint density at radius 3 is 2.33 bits per heavy atom. The molecule has 0 aromatic heterocycles. The summed E-state index contributed by atoms with van der Waals surface area (Å²) < 4.78 is 0. The van der Waals surface area contributed by atoms with Crippen LogP contribution in [0.3, 0.4) is 0 Å². The van der Waals surface area contributed by atoms with Crippen molar-refractivity contribution in [2.75, 3.05) is 5.32 Å². The Balaban J connectivity index is 1.81. The van der Waals surface area contributed by atoms with Gasteiger partial charge in [-0.25, -0.2) is 5.43 Å². The van der Waals surface area contributed by atoms with Gasteiger partial charge >= 0.3 is 0 Å². The lowest BCUT2D eigenvalue weighted by molar-refractivity contribution is -0.126. The van der Waals surface area contributed by atoms with Gasteiger partial charge in [-0.1, -0.05) is 46.9 Å². The van der Waals surface area contributed by atoms with E-state index in [2.05, 4.69) is 15.8 Å². The van der Waals surface area contributed by atoms with E-state index < -0.39 is 11.8 Å². The van der Waals surface area contributed by atoms with Crippen molar-refractivity contribution >= 4 is 58.5 Å². The maximum Gasteiger partial charge on any atom is 0.249 e. The predicted octanol–water partition coefficient (Wildman–Crippen LogP) is 4.13. The highest BCUT2D eigenvalue weighted by molar-refractivity contribution is 6.42. The number of nitrogens with zero attached hydrogens (tertiary/aromatic N) is 1. The molecule has 0 heterocycles. The Labute approximate surface area is 153 Å². The third kappa shape index (κ3) is 5.85. The first-order chi connectivity index (χ1) is 11.4. The Kier molecular flexibility index (Phi) is 6.61. The van der Waals surface area contributed by atoms with Crippen LogP contribution in [-0.2, 0) is 9.59 Å². The lowest BCUT2D eigenvalue weighted by atomic mass is 10.2. The van der Waals surface area contributed by atoms with E-state index >= 15 is 0 Å². The molecule has 8 heteroatoms. The van der Waals surface area contributed by atoms with E-state index in [1.54, 1.807) is 36.4 Å². The molecule has 0 unspecified atom stereocenters. The average Bonchev–Trinajstić information content (AvgIpc) is 2.53. The number of benzene rings is 2. The van der Waals surface area contributed by atoms with Crippen LogP contribution in [0.1, 0.15) is 12.0 Å². The molecule has 0 spiro atoms. The fourth-order valence-electron chi connectivity index (χ4n) is 1.69. The number of hydrogen-bond donors (Lipinski definition) is 2. The molecule has 2 aromatic carbocycles. The lowest BCUT2D eigenvalue weighted by Crippen LogP contribution is -2.24. The third-order valence-corrected chi connectivity index (χ3v) is 3.79. The molecule has 0 bridgehead atoms. The Bertz CT molecular complexity index is 777. The second-order valence-corrected chi connectivity index (χ2v) is 5.95. The van der Waals surface area contributed by atoms with Crippen molar-refractivity contribution in [3.8, 4) is 0 Å². The van der Waals surface area contributed by atoms with Crippen LogP contribution < -0.4 is 10.7 Å². The van der Waals surface area contributed by atoms with E-state index in [1.807, 2.05) is 0 Å². The summed E-state index contributed by atoms with van der Waals surface area (Å²) in [7, 11) is 0. The van der Waals surface area contributed by atoms with Gasteiger partial charge in [-0.3, -0.25) is 9.59 Å². The number of halogens is 3. The van der Waals surface area contributed by atoms with Crippen molar-refractivity contribution in [3.63, 3.8) is 0 Å². The molecule has 0 radical (unpaired) electrons. The van der Waals surface area contributed by atoms with E-state index in [-0.39, 0.29) is 6.42 Å². The summed E-state index contributed by atoms with van der Waals surface area (Å²) in [5.74, 6) is -1.04. The van der Waals surface area contributed by atoms with Gasteiger partial charge in [0.25, 0.3) is 0 Å². The van der Waals surface area contributed by atoms with Gasteiger partial charge in [0.2, 0.25) is 11.8 Å². The number of hydrogen-bond acceptors (Lipinski definition) is 3. The molecule has 0 saturated heterocycles. The van der Waals surface area contributed by atoms with Crippen LogP contribution in [0.25, 0.3) is 0 Å². The third-order valence-electron chi connectivity index (χ3n) is 2.80. The maximum atomic E-state index is 11.8. The normalized spacial score (nSPS) is 10.6. The van der Waals surface area contributed by atoms with Crippen molar-refractivity contribution in [1.82, 2.24) is 5.43 Å². The second kappa shape index (κ2) is 8.68. The largest absolute Gasteiger partial charge is 0.326 e. The molecule has 0 aliphatic rings. The van der Waals surface area contributed by atoms with Gasteiger partial charge in [-0.15, -0.1) is 0 Å². The molecule has 24 heavy (non-hydrogen) atoms. The van der Waals surface area contributed by atoms with Gasteiger partial charge in [-0.2, -0.15) is 5.10 Å². The first-order valence-corrected chi connectivity index (χ1v) is 7.90. The molecule has 2 aromatic rings. The zero-order valence-electron chi connectivity index (χ0n) is 12.2. The molecular weight excluding hydrogens is 373 g/mol. The van der Waals surface area contributed by atoms with Crippen molar-refractivity contribution in [2.45, 2.75) is 6.42 Å². The van der Waals surface area contributed by atoms with Crippen LogP contribution in [0.5, 0.6) is 0 Å². The van der Waals surface area contributed by atoms with Gasteiger partial charge in [-0.05, 0) is 35.9 Å². The molecular formula is C16H12Cl3N3O2. The van der Waals surface area contributed by atoms with Crippen LogP contribution >= 0.6 is 34.8 Å². The van der Waals surface area contributed by atoms with Crippen molar-refractivity contribution in [3.05, 3.63) is 63.1 Å². The summed E-state index contributed by atoms with van der Waals surface area (Å²) in [5.41, 5.74) is 3.49. The smallest absolute Gasteiger partial charge is 0.249 e. The summed E-state index contributed by atoms with van der Waals surface area (Å²) in [6, 6.07) is 11.5. The fourth-order valence-corrected chi connectivity index (χ4v) is 2.12. The summed E-state index contributed by atoms with van der Waals surface area (Å²) in [4.78, 5) is 23.4. The highest BCUT2D eigenvalue weighted by atomic mass is 35.5. The first-order valence-electron chi connectivity index (χ1n) is 6.76. The molecule has 2 amide bonds. The molecule has 2 N–H and O–H groups in total. The Morgan fingerprint density at radius 2 is 1.67 bits per heavy atom.